The third-order valence-corrected chi connectivity index (χ3v) is 3.12. The fourth-order valence-electron chi connectivity index (χ4n) is 2.01. The first-order chi connectivity index (χ1) is 7.37. The highest BCUT2D eigenvalue weighted by atomic mass is 79.9. The molecule has 0 unspecified atom stereocenters. The Bertz CT molecular complexity index is 452. The van der Waals surface area contributed by atoms with Crippen LogP contribution in [0.4, 0.5) is 0 Å². The lowest BCUT2D eigenvalue weighted by atomic mass is 9.99. The summed E-state index contributed by atoms with van der Waals surface area (Å²) in [6, 6.07) is 3.73. The van der Waals surface area contributed by atoms with E-state index in [2.05, 4.69) is 15.9 Å². The highest BCUT2D eigenvalue weighted by Crippen LogP contribution is 2.41. The number of halogens is 1. The number of hydrogen-bond donors (Lipinski definition) is 1. The van der Waals surface area contributed by atoms with E-state index in [4.69, 9.17) is 9.84 Å². The van der Waals surface area contributed by atoms with Gasteiger partial charge in [-0.2, -0.15) is 0 Å². The van der Waals surface area contributed by atoms with Crippen molar-refractivity contribution in [1.29, 1.82) is 0 Å². The Hall–Kier alpha value is -1.03. The van der Waals surface area contributed by atoms with Crippen molar-refractivity contribution in [3.8, 4) is 5.75 Å². The summed E-state index contributed by atoms with van der Waals surface area (Å²) in [4.78, 5) is 10.7. The molecule has 0 aromatic heterocycles. The van der Waals surface area contributed by atoms with Crippen molar-refractivity contribution < 1.29 is 14.6 Å². The third-order valence-electron chi connectivity index (χ3n) is 2.53. The standard InChI is InChI=1S/C12H13BrO3/c1-12(2)6-8-3-7(5-10(14)15)4-9(13)11(8)16-12/h3-4H,5-6H2,1-2H3,(H,14,15). The number of carboxylic acids is 1. The van der Waals surface area contributed by atoms with E-state index in [0.717, 1.165) is 27.8 Å². The molecule has 1 aliphatic rings. The molecule has 1 N–H and O–H groups in total. The summed E-state index contributed by atoms with van der Waals surface area (Å²) >= 11 is 3.42. The van der Waals surface area contributed by atoms with Gasteiger partial charge in [0, 0.05) is 6.42 Å². The molecule has 0 amide bonds. The average Bonchev–Trinajstić information content (AvgIpc) is 2.38. The average molecular weight is 285 g/mol. The topological polar surface area (TPSA) is 46.5 Å². The van der Waals surface area contributed by atoms with Gasteiger partial charge in [0.2, 0.25) is 0 Å². The molecule has 0 bridgehead atoms. The Balaban J connectivity index is 2.38. The molecule has 0 spiro atoms. The van der Waals surface area contributed by atoms with Gasteiger partial charge < -0.3 is 9.84 Å². The fraction of sp³-hybridized carbons (Fsp3) is 0.417. The van der Waals surface area contributed by atoms with Crippen LogP contribution in [0.5, 0.6) is 5.75 Å². The van der Waals surface area contributed by atoms with Crippen molar-refractivity contribution in [2.24, 2.45) is 0 Å². The Morgan fingerprint density at radius 2 is 2.25 bits per heavy atom. The van der Waals surface area contributed by atoms with Crippen LogP contribution in [0.1, 0.15) is 25.0 Å². The number of fused-ring (bicyclic) bond motifs is 1. The van der Waals surface area contributed by atoms with E-state index in [0.29, 0.717) is 0 Å². The van der Waals surface area contributed by atoms with E-state index in [-0.39, 0.29) is 12.0 Å². The molecule has 2 rings (SSSR count). The molecule has 0 saturated carbocycles. The zero-order valence-corrected chi connectivity index (χ0v) is 10.8. The Labute approximate surface area is 103 Å². The smallest absolute Gasteiger partial charge is 0.307 e. The van der Waals surface area contributed by atoms with Gasteiger partial charge >= 0.3 is 5.97 Å². The quantitative estimate of drug-likeness (QED) is 0.908. The van der Waals surface area contributed by atoms with E-state index >= 15 is 0 Å². The molecule has 0 atom stereocenters. The summed E-state index contributed by atoms with van der Waals surface area (Å²) in [6.45, 7) is 4.05. The lowest BCUT2D eigenvalue weighted by Gasteiger charge is -2.17. The lowest BCUT2D eigenvalue weighted by Crippen LogP contribution is -2.24. The highest BCUT2D eigenvalue weighted by molar-refractivity contribution is 9.10. The van der Waals surface area contributed by atoms with Crippen molar-refractivity contribution in [2.45, 2.75) is 32.3 Å². The Kier molecular flexibility index (Phi) is 2.70. The van der Waals surface area contributed by atoms with E-state index in [1.807, 2.05) is 26.0 Å². The van der Waals surface area contributed by atoms with Gasteiger partial charge in [0.15, 0.2) is 0 Å². The van der Waals surface area contributed by atoms with Crippen molar-refractivity contribution in [3.63, 3.8) is 0 Å². The van der Waals surface area contributed by atoms with Crippen LogP contribution in [0.15, 0.2) is 16.6 Å². The summed E-state index contributed by atoms with van der Waals surface area (Å²) < 4.78 is 6.63. The van der Waals surface area contributed by atoms with Crippen LogP contribution in [0.2, 0.25) is 0 Å². The van der Waals surface area contributed by atoms with Crippen LogP contribution in [0.25, 0.3) is 0 Å². The van der Waals surface area contributed by atoms with E-state index in [1.165, 1.54) is 0 Å². The molecule has 0 saturated heterocycles. The number of aliphatic carboxylic acids is 1. The summed E-state index contributed by atoms with van der Waals surface area (Å²) in [5.41, 5.74) is 1.68. The molecule has 0 aliphatic carbocycles. The Morgan fingerprint density at radius 1 is 1.56 bits per heavy atom. The SMILES string of the molecule is CC1(C)Cc2cc(CC(=O)O)cc(Br)c2O1. The van der Waals surface area contributed by atoms with Crippen LogP contribution in [-0.4, -0.2) is 16.7 Å². The van der Waals surface area contributed by atoms with Gasteiger partial charge in [-0.15, -0.1) is 0 Å². The zero-order chi connectivity index (χ0) is 11.9. The van der Waals surface area contributed by atoms with Gasteiger partial charge in [0.05, 0.1) is 10.9 Å². The molecule has 16 heavy (non-hydrogen) atoms. The summed E-state index contributed by atoms with van der Waals surface area (Å²) in [6.07, 6.45) is 0.862. The van der Waals surface area contributed by atoms with E-state index in [9.17, 15) is 4.79 Å². The molecule has 0 fully saturated rings. The molecule has 4 heteroatoms. The van der Waals surface area contributed by atoms with Crippen molar-refractivity contribution in [1.82, 2.24) is 0 Å². The monoisotopic (exact) mass is 284 g/mol. The molecule has 0 radical (unpaired) electrons. The molecule has 1 aromatic rings. The van der Waals surface area contributed by atoms with Crippen molar-refractivity contribution in [2.75, 3.05) is 0 Å². The first-order valence-electron chi connectivity index (χ1n) is 5.09. The minimum atomic E-state index is -0.815. The van der Waals surface area contributed by atoms with Gasteiger partial charge in [-0.05, 0) is 47.0 Å². The van der Waals surface area contributed by atoms with Crippen molar-refractivity contribution in [3.05, 3.63) is 27.7 Å². The van der Waals surface area contributed by atoms with Crippen LogP contribution in [0.3, 0.4) is 0 Å². The minimum Gasteiger partial charge on any atom is -0.486 e. The molecule has 86 valence electrons. The third kappa shape index (κ3) is 2.21. The predicted octanol–water partition coefficient (Wildman–Crippen LogP) is 2.79. The van der Waals surface area contributed by atoms with E-state index in [1.54, 1.807) is 0 Å². The van der Waals surface area contributed by atoms with Crippen molar-refractivity contribution >= 4 is 21.9 Å². The number of benzene rings is 1. The fourth-order valence-corrected chi connectivity index (χ4v) is 2.64. The molecule has 1 heterocycles. The minimum absolute atomic E-state index is 0.0479. The summed E-state index contributed by atoms with van der Waals surface area (Å²) in [7, 11) is 0. The first-order valence-corrected chi connectivity index (χ1v) is 5.89. The molecule has 3 nitrogen and oxygen atoms in total. The summed E-state index contributed by atoms with van der Waals surface area (Å²) in [5, 5.41) is 8.76. The van der Waals surface area contributed by atoms with Gasteiger partial charge in [0.25, 0.3) is 0 Å². The number of carboxylic acid groups (broad SMARTS) is 1. The second kappa shape index (κ2) is 3.77. The van der Waals surface area contributed by atoms with Gasteiger partial charge in [-0.1, -0.05) is 6.07 Å². The maximum Gasteiger partial charge on any atom is 0.307 e. The maximum atomic E-state index is 10.7. The normalized spacial score (nSPS) is 16.7. The van der Waals surface area contributed by atoms with E-state index < -0.39 is 5.97 Å². The largest absolute Gasteiger partial charge is 0.486 e. The lowest BCUT2D eigenvalue weighted by molar-refractivity contribution is -0.136. The highest BCUT2D eigenvalue weighted by Gasteiger charge is 2.31. The first kappa shape index (κ1) is 11.5. The van der Waals surface area contributed by atoms with Crippen LogP contribution in [-0.2, 0) is 17.6 Å². The second-order valence-corrected chi connectivity index (χ2v) is 5.53. The Morgan fingerprint density at radius 3 is 2.88 bits per heavy atom. The molecular weight excluding hydrogens is 272 g/mol. The van der Waals surface area contributed by atoms with Gasteiger partial charge in [0.1, 0.15) is 11.4 Å². The molecule has 1 aromatic carbocycles. The summed E-state index contributed by atoms with van der Waals surface area (Å²) in [5.74, 6) is 0.0316. The molecular formula is C12H13BrO3. The molecule has 1 aliphatic heterocycles. The van der Waals surface area contributed by atoms with Crippen LogP contribution >= 0.6 is 15.9 Å². The maximum absolute atomic E-state index is 10.7. The van der Waals surface area contributed by atoms with Gasteiger partial charge in [-0.25, -0.2) is 0 Å². The number of ether oxygens (including phenoxy) is 1. The predicted molar refractivity (Wildman–Crippen MR) is 63.9 cm³/mol. The second-order valence-electron chi connectivity index (χ2n) is 4.67. The van der Waals surface area contributed by atoms with Crippen LogP contribution < -0.4 is 4.74 Å². The zero-order valence-electron chi connectivity index (χ0n) is 9.21. The van der Waals surface area contributed by atoms with Gasteiger partial charge in [-0.3, -0.25) is 4.79 Å². The number of hydrogen-bond acceptors (Lipinski definition) is 2. The number of rotatable bonds is 2. The number of carbonyl (C=O) groups is 1. The van der Waals surface area contributed by atoms with Crippen LogP contribution in [0, 0.1) is 0 Å².